The van der Waals surface area contributed by atoms with Crippen molar-refractivity contribution >= 4 is 16.0 Å². The third kappa shape index (κ3) is 3.87. The van der Waals surface area contributed by atoms with Crippen LogP contribution in [0.4, 0.5) is 5.95 Å². The molecule has 1 saturated heterocycles. The molecule has 2 rings (SSSR count). The predicted molar refractivity (Wildman–Crippen MR) is 70.0 cm³/mol. The molecule has 2 heterocycles. The Balaban J connectivity index is 2.10. The Morgan fingerprint density at radius 3 is 3.05 bits per heavy atom. The van der Waals surface area contributed by atoms with Gasteiger partial charge in [0.1, 0.15) is 11.8 Å². The van der Waals surface area contributed by atoms with Crippen LogP contribution in [0.25, 0.3) is 0 Å². The van der Waals surface area contributed by atoms with E-state index in [9.17, 15) is 8.42 Å². The van der Waals surface area contributed by atoms with Crippen molar-refractivity contribution in [3.63, 3.8) is 0 Å². The van der Waals surface area contributed by atoms with Crippen LogP contribution in [0.3, 0.4) is 0 Å². The average molecular weight is 281 g/mol. The fourth-order valence-electron chi connectivity index (χ4n) is 2.12. The maximum absolute atomic E-state index is 11.2. The molecule has 1 unspecified atom stereocenters. The van der Waals surface area contributed by atoms with E-state index in [0.717, 1.165) is 25.6 Å². The molecule has 19 heavy (non-hydrogen) atoms. The second-order valence-corrected chi connectivity index (χ2v) is 6.31. The summed E-state index contributed by atoms with van der Waals surface area (Å²) in [5.74, 6) is 0.471. The summed E-state index contributed by atoms with van der Waals surface area (Å²) in [7, 11) is -3.21. The first kappa shape index (κ1) is 13.7. The summed E-state index contributed by atoms with van der Waals surface area (Å²) < 4.78 is 25.1. The molecule has 0 saturated carbocycles. The Morgan fingerprint density at radius 1 is 1.58 bits per heavy atom. The van der Waals surface area contributed by atoms with Crippen molar-refractivity contribution in [2.75, 3.05) is 24.2 Å². The fourth-order valence-corrected chi connectivity index (χ4v) is 2.92. The number of sulfonamides is 1. The van der Waals surface area contributed by atoms with Crippen LogP contribution in [0.2, 0.25) is 0 Å². The Labute approximate surface area is 112 Å². The van der Waals surface area contributed by atoms with Gasteiger partial charge in [0, 0.05) is 25.3 Å². The lowest BCUT2D eigenvalue weighted by Gasteiger charge is -2.32. The maximum atomic E-state index is 11.2. The summed E-state index contributed by atoms with van der Waals surface area (Å²) in [6.45, 7) is 1.28. The van der Waals surface area contributed by atoms with Crippen LogP contribution in [-0.4, -0.2) is 43.8 Å². The van der Waals surface area contributed by atoms with Gasteiger partial charge < -0.3 is 4.90 Å². The van der Waals surface area contributed by atoms with Gasteiger partial charge in [-0.3, -0.25) is 0 Å². The van der Waals surface area contributed by atoms with E-state index in [-0.39, 0.29) is 6.04 Å². The molecule has 102 valence electrons. The van der Waals surface area contributed by atoms with Crippen molar-refractivity contribution in [2.24, 2.45) is 0 Å². The summed E-state index contributed by atoms with van der Waals surface area (Å²) in [6.07, 6.45) is 4.34. The van der Waals surface area contributed by atoms with E-state index in [2.05, 4.69) is 14.7 Å². The third-order valence-corrected chi connectivity index (χ3v) is 3.60. The quantitative estimate of drug-likeness (QED) is 0.828. The highest BCUT2D eigenvalue weighted by molar-refractivity contribution is 7.88. The predicted octanol–water partition coefficient (Wildman–Crippen LogP) is -0.134. The highest BCUT2D eigenvalue weighted by Gasteiger charge is 2.23. The van der Waals surface area contributed by atoms with E-state index in [1.807, 2.05) is 11.0 Å². The maximum Gasteiger partial charge on any atom is 0.226 e. The number of anilines is 1. The molecule has 1 aromatic rings. The molecule has 1 atom stereocenters. The van der Waals surface area contributed by atoms with Crippen molar-refractivity contribution in [1.29, 1.82) is 5.26 Å². The number of hydrogen-bond donors (Lipinski definition) is 1. The van der Waals surface area contributed by atoms with Crippen LogP contribution < -0.4 is 9.62 Å². The molecular weight excluding hydrogens is 266 g/mol. The molecule has 1 N–H and O–H groups in total. The van der Waals surface area contributed by atoms with E-state index in [1.54, 1.807) is 6.07 Å². The van der Waals surface area contributed by atoms with Crippen LogP contribution in [0.1, 0.15) is 18.5 Å². The summed E-state index contributed by atoms with van der Waals surface area (Å²) in [5.41, 5.74) is 0.309. The van der Waals surface area contributed by atoms with Crippen LogP contribution in [0.15, 0.2) is 12.3 Å². The number of nitrogens with one attached hydrogen (secondary N) is 1. The lowest BCUT2D eigenvalue weighted by atomic mass is 10.1. The van der Waals surface area contributed by atoms with E-state index in [0.29, 0.717) is 18.2 Å². The largest absolute Gasteiger partial charge is 0.339 e. The normalized spacial score (nSPS) is 20.0. The van der Waals surface area contributed by atoms with Crippen LogP contribution in [0.5, 0.6) is 0 Å². The van der Waals surface area contributed by atoms with Gasteiger partial charge in [-0.05, 0) is 18.9 Å². The summed E-state index contributed by atoms with van der Waals surface area (Å²) >= 11 is 0. The van der Waals surface area contributed by atoms with Gasteiger partial charge in [-0.2, -0.15) is 5.26 Å². The van der Waals surface area contributed by atoms with Crippen LogP contribution in [-0.2, 0) is 10.0 Å². The van der Waals surface area contributed by atoms with Gasteiger partial charge >= 0.3 is 0 Å². The Kier molecular flexibility index (Phi) is 3.97. The van der Waals surface area contributed by atoms with E-state index < -0.39 is 10.0 Å². The summed E-state index contributed by atoms with van der Waals surface area (Å²) in [5, 5.41) is 8.81. The number of aromatic nitrogens is 2. The number of nitriles is 1. The smallest absolute Gasteiger partial charge is 0.226 e. The SMILES string of the molecule is CS(=O)(=O)NC1CCCN(c2nccc(C#N)n2)C1. The zero-order valence-corrected chi connectivity index (χ0v) is 11.4. The van der Waals surface area contributed by atoms with Gasteiger partial charge in [0.2, 0.25) is 16.0 Å². The standard InChI is InChI=1S/C11H15N5O2S/c1-19(17,18)15-10-3-2-6-16(8-10)11-13-5-4-9(7-12)14-11/h4-5,10,15H,2-3,6,8H2,1H3. The van der Waals surface area contributed by atoms with Gasteiger partial charge in [0.25, 0.3) is 0 Å². The van der Waals surface area contributed by atoms with Crippen molar-refractivity contribution in [3.05, 3.63) is 18.0 Å². The zero-order chi connectivity index (χ0) is 13.9. The fraction of sp³-hybridized carbons (Fsp3) is 0.545. The summed E-state index contributed by atoms with van der Waals surface area (Å²) in [4.78, 5) is 10.1. The van der Waals surface area contributed by atoms with Gasteiger partial charge in [-0.25, -0.2) is 23.1 Å². The number of nitrogens with zero attached hydrogens (tertiary/aromatic N) is 4. The monoisotopic (exact) mass is 281 g/mol. The minimum Gasteiger partial charge on any atom is -0.339 e. The van der Waals surface area contributed by atoms with E-state index in [1.165, 1.54) is 6.20 Å². The van der Waals surface area contributed by atoms with Gasteiger partial charge in [-0.15, -0.1) is 0 Å². The summed E-state index contributed by atoms with van der Waals surface area (Å²) in [6, 6.07) is 3.37. The molecule has 8 heteroatoms. The highest BCUT2D eigenvalue weighted by atomic mass is 32.2. The average Bonchev–Trinajstić information content (AvgIpc) is 2.37. The van der Waals surface area contributed by atoms with Gasteiger partial charge in [0.05, 0.1) is 6.26 Å². The molecule has 7 nitrogen and oxygen atoms in total. The molecule has 1 aliphatic rings. The van der Waals surface area contributed by atoms with Crippen LogP contribution >= 0.6 is 0 Å². The molecule has 1 aromatic heterocycles. The second-order valence-electron chi connectivity index (χ2n) is 4.53. The minimum atomic E-state index is -3.21. The Morgan fingerprint density at radius 2 is 2.37 bits per heavy atom. The molecule has 0 aliphatic carbocycles. The first-order chi connectivity index (χ1) is 8.98. The zero-order valence-electron chi connectivity index (χ0n) is 10.6. The molecule has 0 amide bonds. The molecule has 0 bridgehead atoms. The van der Waals surface area contributed by atoms with E-state index >= 15 is 0 Å². The lowest BCUT2D eigenvalue weighted by Crippen LogP contribution is -2.48. The minimum absolute atomic E-state index is 0.141. The number of rotatable bonds is 3. The van der Waals surface area contributed by atoms with Crippen molar-refractivity contribution in [1.82, 2.24) is 14.7 Å². The lowest BCUT2D eigenvalue weighted by molar-refractivity contribution is 0.463. The molecule has 1 aliphatic heterocycles. The first-order valence-corrected chi connectivity index (χ1v) is 7.82. The number of hydrogen-bond acceptors (Lipinski definition) is 6. The molecule has 0 aromatic carbocycles. The molecule has 0 radical (unpaired) electrons. The molecular formula is C11H15N5O2S. The van der Waals surface area contributed by atoms with Gasteiger partial charge in [-0.1, -0.05) is 0 Å². The molecule has 1 fully saturated rings. The third-order valence-electron chi connectivity index (χ3n) is 2.84. The Bertz CT molecular complexity index is 595. The van der Waals surface area contributed by atoms with Crippen molar-refractivity contribution in [2.45, 2.75) is 18.9 Å². The molecule has 0 spiro atoms. The topological polar surface area (TPSA) is 99.0 Å². The number of piperidine rings is 1. The van der Waals surface area contributed by atoms with Crippen molar-refractivity contribution < 1.29 is 8.42 Å². The first-order valence-electron chi connectivity index (χ1n) is 5.93. The van der Waals surface area contributed by atoms with E-state index in [4.69, 9.17) is 5.26 Å². The Hall–Kier alpha value is -1.72. The highest BCUT2D eigenvalue weighted by Crippen LogP contribution is 2.16. The van der Waals surface area contributed by atoms with Gasteiger partial charge in [0.15, 0.2) is 0 Å². The second kappa shape index (κ2) is 5.50. The van der Waals surface area contributed by atoms with Crippen molar-refractivity contribution in [3.8, 4) is 6.07 Å². The van der Waals surface area contributed by atoms with Crippen LogP contribution in [0, 0.1) is 11.3 Å².